The van der Waals surface area contributed by atoms with Crippen LogP contribution in [0.1, 0.15) is 19.3 Å². The molecule has 9 nitrogen and oxygen atoms in total. The Hall–Kier alpha value is -1.57. The van der Waals surface area contributed by atoms with Crippen LogP contribution >= 0.6 is 8.25 Å². The molecule has 0 aromatic rings. The van der Waals surface area contributed by atoms with E-state index >= 15 is 0 Å². The Labute approximate surface area is 95.6 Å². The van der Waals surface area contributed by atoms with E-state index in [-0.39, 0.29) is 0 Å². The van der Waals surface area contributed by atoms with E-state index in [0.29, 0.717) is 0 Å². The van der Waals surface area contributed by atoms with Gasteiger partial charge >= 0.3 is 26.2 Å². The zero-order valence-electron chi connectivity index (χ0n) is 8.40. The minimum atomic E-state index is -3.37. The van der Waals surface area contributed by atoms with Crippen molar-refractivity contribution in [2.45, 2.75) is 24.9 Å². The van der Waals surface area contributed by atoms with Gasteiger partial charge in [0, 0.05) is 17.4 Å². The van der Waals surface area contributed by atoms with Crippen molar-refractivity contribution in [3.05, 3.63) is 0 Å². The summed E-state index contributed by atoms with van der Waals surface area (Å²) in [7, 11) is -3.37. The molecule has 0 amide bonds. The summed E-state index contributed by atoms with van der Waals surface area (Å²) in [6, 6.07) is 0. The molecule has 4 N–H and O–H groups in total. The molecule has 0 aliphatic heterocycles. The Morgan fingerprint density at radius 1 is 1.12 bits per heavy atom. The number of carboxylic acids is 3. The van der Waals surface area contributed by atoms with E-state index in [1.54, 1.807) is 0 Å². The highest BCUT2D eigenvalue weighted by atomic mass is 31.1. The van der Waals surface area contributed by atoms with E-state index in [4.69, 9.17) is 20.2 Å². The summed E-state index contributed by atoms with van der Waals surface area (Å²) >= 11 is 0. The number of hydrogen-bond donors (Lipinski definition) is 4. The Morgan fingerprint density at radius 3 is 1.94 bits per heavy atom. The first-order valence-corrected chi connectivity index (χ1v) is 5.35. The topological polar surface area (TPSA) is 158 Å². The van der Waals surface area contributed by atoms with Crippen LogP contribution in [0.15, 0.2) is 0 Å². The highest BCUT2D eigenvalue weighted by molar-refractivity contribution is 7.32. The minimum absolute atomic E-state index is 0.706. The van der Waals surface area contributed by atoms with Crippen LogP contribution in [-0.4, -0.2) is 43.7 Å². The lowest BCUT2D eigenvalue weighted by molar-refractivity contribution is -0.164. The number of rotatable bonds is 8. The van der Waals surface area contributed by atoms with Crippen LogP contribution < -0.4 is 0 Å². The number of carbonyl (C=O) groups is 3. The fourth-order valence-corrected chi connectivity index (χ4v) is 1.62. The summed E-state index contributed by atoms with van der Waals surface area (Å²) in [5.41, 5.74) is -2.52. The van der Waals surface area contributed by atoms with E-state index in [9.17, 15) is 18.9 Å². The van der Waals surface area contributed by atoms with E-state index in [1.807, 2.05) is 0 Å². The SMILES string of the molecule is O=C(O)CCC(CC(=O)O)(O[P+](=O)O)C(=O)O. The van der Waals surface area contributed by atoms with Gasteiger partial charge in [0.1, 0.15) is 0 Å². The molecule has 0 aromatic carbocycles. The Kier molecular flexibility index (Phi) is 5.66. The van der Waals surface area contributed by atoms with Gasteiger partial charge in [0.25, 0.3) is 0 Å². The van der Waals surface area contributed by atoms with Crippen molar-refractivity contribution in [3.63, 3.8) is 0 Å². The highest BCUT2D eigenvalue weighted by Gasteiger charge is 2.50. The van der Waals surface area contributed by atoms with Gasteiger partial charge in [0.2, 0.25) is 5.60 Å². The van der Waals surface area contributed by atoms with E-state index in [0.717, 1.165) is 0 Å². The van der Waals surface area contributed by atoms with Gasteiger partial charge in [0.15, 0.2) is 0 Å². The van der Waals surface area contributed by atoms with Crippen molar-refractivity contribution in [3.8, 4) is 0 Å². The van der Waals surface area contributed by atoms with E-state index in [2.05, 4.69) is 4.52 Å². The molecule has 10 heteroatoms. The van der Waals surface area contributed by atoms with Crippen LogP contribution in [0, 0.1) is 0 Å². The molecule has 0 aromatic heterocycles. The first kappa shape index (κ1) is 15.4. The van der Waals surface area contributed by atoms with Gasteiger partial charge in [0.05, 0.1) is 6.42 Å². The summed E-state index contributed by atoms with van der Waals surface area (Å²) in [6.45, 7) is 0. The Balaban J connectivity index is 5.07. The third-order valence-electron chi connectivity index (χ3n) is 1.82. The van der Waals surface area contributed by atoms with Crippen LogP contribution in [0.5, 0.6) is 0 Å². The largest absolute Gasteiger partial charge is 0.695 e. The van der Waals surface area contributed by atoms with Crippen molar-refractivity contribution in [1.29, 1.82) is 0 Å². The molecule has 2 unspecified atom stereocenters. The van der Waals surface area contributed by atoms with Gasteiger partial charge in [-0.25, -0.2) is 4.79 Å². The van der Waals surface area contributed by atoms with Gasteiger partial charge in [-0.1, -0.05) is 4.52 Å². The maximum Gasteiger partial charge on any atom is 0.695 e. The zero-order valence-corrected chi connectivity index (χ0v) is 9.29. The molecule has 0 fully saturated rings. The molecule has 0 heterocycles. The van der Waals surface area contributed by atoms with Crippen LogP contribution in [-0.2, 0) is 23.5 Å². The predicted octanol–water partition coefficient (Wildman–Crippen LogP) is -0.184. The molecule has 0 aliphatic rings. The van der Waals surface area contributed by atoms with E-state index in [1.165, 1.54) is 0 Å². The van der Waals surface area contributed by atoms with Crippen molar-refractivity contribution >= 4 is 26.2 Å². The van der Waals surface area contributed by atoms with Gasteiger partial charge < -0.3 is 15.3 Å². The lowest BCUT2D eigenvalue weighted by Crippen LogP contribution is -2.42. The predicted molar refractivity (Wildman–Crippen MR) is 50.4 cm³/mol. The summed E-state index contributed by atoms with van der Waals surface area (Å²) < 4.78 is 14.6. The maximum atomic E-state index is 10.9. The lowest BCUT2D eigenvalue weighted by Gasteiger charge is -2.19. The molecule has 96 valence electrons. The molecule has 0 bridgehead atoms. The molecular formula is C7H10O9P+. The first-order chi connectivity index (χ1) is 7.69. The molecule has 2 atom stereocenters. The van der Waals surface area contributed by atoms with Crippen molar-refractivity contribution in [1.82, 2.24) is 0 Å². The molecule has 0 spiro atoms. The van der Waals surface area contributed by atoms with Crippen LogP contribution in [0.25, 0.3) is 0 Å². The molecule has 0 rings (SSSR count). The van der Waals surface area contributed by atoms with Crippen LogP contribution in [0.3, 0.4) is 0 Å². The number of aliphatic carboxylic acids is 3. The summed E-state index contributed by atoms with van der Waals surface area (Å²) in [4.78, 5) is 40.2. The number of hydrogen-bond acceptors (Lipinski definition) is 5. The standard InChI is InChI=1S/C7H9O9P/c8-4(9)1-2-7(6(12)13,3-5(10)11)16-17(14)15/h1-3H2,(H3-,8,9,10,11,12,13,14,15)/p+1. The van der Waals surface area contributed by atoms with Crippen molar-refractivity contribution < 1.29 is 43.7 Å². The van der Waals surface area contributed by atoms with Crippen molar-refractivity contribution in [2.24, 2.45) is 0 Å². The molecule has 0 aliphatic carbocycles. The lowest BCUT2D eigenvalue weighted by atomic mass is 9.94. The Bertz CT molecular complexity index is 333. The van der Waals surface area contributed by atoms with Gasteiger partial charge in [-0.05, 0) is 0 Å². The first-order valence-electron chi connectivity index (χ1n) is 4.22. The smallest absolute Gasteiger partial charge is 0.481 e. The average Bonchev–Trinajstić information content (AvgIpc) is 2.11. The van der Waals surface area contributed by atoms with Crippen LogP contribution in [0.2, 0.25) is 0 Å². The van der Waals surface area contributed by atoms with Crippen molar-refractivity contribution in [2.75, 3.05) is 0 Å². The molecule has 0 saturated heterocycles. The molecule has 0 saturated carbocycles. The summed E-state index contributed by atoms with van der Waals surface area (Å²) in [6.07, 6.45) is -2.55. The average molecular weight is 269 g/mol. The second kappa shape index (κ2) is 6.24. The van der Waals surface area contributed by atoms with Gasteiger partial charge in [-0.3, -0.25) is 9.59 Å². The fraction of sp³-hybridized carbons (Fsp3) is 0.571. The molecular weight excluding hydrogens is 259 g/mol. The minimum Gasteiger partial charge on any atom is -0.481 e. The quantitative estimate of drug-likeness (QED) is 0.438. The second-order valence-corrected chi connectivity index (χ2v) is 3.75. The highest BCUT2D eigenvalue weighted by Crippen LogP contribution is 2.33. The normalized spacial score (nSPS) is 14.8. The third-order valence-corrected chi connectivity index (χ3v) is 2.33. The zero-order chi connectivity index (χ0) is 13.6. The molecule has 0 radical (unpaired) electrons. The monoisotopic (exact) mass is 269 g/mol. The summed E-state index contributed by atoms with van der Waals surface area (Å²) in [5.74, 6) is -4.77. The van der Waals surface area contributed by atoms with Gasteiger partial charge in [-0.2, -0.15) is 0 Å². The molecule has 17 heavy (non-hydrogen) atoms. The summed E-state index contributed by atoms with van der Waals surface area (Å²) in [5, 5.41) is 25.7. The fourth-order valence-electron chi connectivity index (χ4n) is 1.09. The van der Waals surface area contributed by atoms with E-state index < -0.39 is 51.0 Å². The second-order valence-electron chi connectivity index (χ2n) is 3.09. The van der Waals surface area contributed by atoms with Crippen LogP contribution in [0.4, 0.5) is 0 Å². The number of carboxylic acid groups (broad SMARTS) is 3. The Morgan fingerprint density at radius 2 is 1.65 bits per heavy atom. The third kappa shape index (κ3) is 5.34. The van der Waals surface area contributed by atoms with Gasteiger partial charge in [-0.15, -0.1) is 4.89 Å². The maximum absolute atomic E-state index is 10.9.